The first-order valence-corrected chi connectivity index (χ1v) is 4.99. The molecule has 3 atom stereocenters. The first kappa shape index (κ1) is 10.7. The monoisotopic (exact) mass is 184 g/mol. The van der Waals surface area contributed by atoms with Crippen LogP contribution in [0, 0.1) is 5.92 Å². The van der Waals surface area contributed by atoms with Crippen LogP contribution in [0.1, 0.15) is 33.1 Å². The summed E-state index contributed by atoms with van der Waals surface area (Å²) in [6, 6.07) is 0. The fraction of sp³-hybridized carbons (Fsp3) is 0.818. The van der Waals surface area contributed by atoms with Crippen LogP contribution in [0.5, 0.6) is 0 Å². The van der Waals surface area contributed by atoms with E-state index in [0.717, 1.165) is 19.3 Å². The second-order valence-electron chi connectivity index (χ2n) is 4.16. The second kappa shape index (κ2) is 4.77. The van der Waals surface area contributed by atoms with Crippen LogP contribution in [0.2, 0.25) is 0 Å². The summed E-state index contributed by atoms with van der Waals surface area (Å²) < 4.78 is 5.24. The summed E-state index contributed by atoms with van der Waals surface area (Å²) in [4.78, 5) is 0. The highest BCUT2D eigenvalue weighted by Crippen LogP contribution is 2.28. The third-order valence-electron chi connectivity index (χ3n) is 2.67. The van der Waals surface area contributed by atoms with E-state index < -0.39 is 0 Å². The van der Waals surface area contributed by atoms with Crippen molar-refractivity contribution in [2.75, 3.05) is 7.11 Å². The lowest BCUT2D eigenvalue weighted by Crippen LogP contribution is -2.34. The van der Waals surface area contributed by atoms with Gasteiger partial charge in [0.15, 0.2) is 0 Å². The topological polar surface area (TPSA) is 29.5 Å². The smallest absolute Gasteiger partial charge is 0.0835 e. The summed E-state index contributed by atoms with van der Waals surface area (Å²) in [7, 11) is 1.68. The maximum atomic E-state index is 9.58. The van der Waals surface area contributed by atoms with Crippen LogP contribution in [0.3, 0.4) is 0 Å². The van der Waals surface area contributed by atoms with Crippen molar-refractivity contribution in [2.24, 2.45) is 5.92 Å². The van der Waals surface area contributed by atoms with Gasteiger partial charge in [0, 0.05) is 7.11 Å². The fourth-order valence-corrected chi connectivity index (χ4v) is 2.02. The number of allylic oxidation sites excluding steroid dienone is 2. The number of methoxy groups -OCH3 is 1. The third-order valence-corrected chi connectivity index (χ3v) is 2.67. The lowest BCUT2D eigenvalue weighted by atomic mass is 9.84. The molecular formula is C11H20O2. The highest BCUT2D eigenvalue weighted by molar-refractivity contribution is 5.00. The Hall–Kier alpha value is -0.340. The summed E-state index contributed by atoms with van der Waals surface area (Å²) in [6.45, 7) is 4.24. The number of aliphatic hydroxyl groups is 1. The van der Waals surface area contributed by atoms with Crippen molar-refractivity contribution in [3.05, 3.63) is 11.6 Å². The van der Waals surface area contributed by atoms with Crippen LogP contribution in [0.25, 0.3) is 0 Å². The van der Waals surface area contributed by atoms with E-state index in [2.05, 4.69) is 19.9 Å². The van der Waals surface area contributed by atoms with E-state index in [0.29, 0.717) is 5.92 Å². The molecule has 1 aliphatic rings. The maximum Gasteiger partial charge on any atom is 0.0835 e. The van der Waals surface area contributed by atoms with Crippen molar-refractivity contribution >= 4 is 0 Å². The molecule has 3 unspecified atom stereocenters. The Morgan fingerprint density at radius 1 is 1.38 bits per heavy atom. The molecule has 0 bridgehead atoms. The van der Waals surface area contributed by atoms with E-state index in [9.17, 15) is 5.11 Å². The van der Waals surface area contributed by atoms with Crippen molar-refractivity contribution in [2.45, 2.75) is 45.3 Å². The van der Waals surface area contributed by atoms with Gasteiger partial charge in [-0.2, -0.15) is 0 Å². The number of aliphatic hydroxyl groups excluding tert-OH is 1. The maximum absolute atomic E-state index is 9.58. The van der Waals surface area contributed by atoms with Crippen LogP contribution in [0.4, 0.5) is 0 Å². The van der Waals surface area contributed by atoms with Gasteiger partial charge in [0.25, 0.3) is 0 Å². The summed E-state index contributed by atoms with van der Waals surface area (Å²) in [5, 5.41) is 9.58. The van der Waals surface area contributed by atoms with Crippen molar-refractivity contribution in [1.82, 2.24) is 0 Å². The van der Waals surface area contributed by atoms with Crippen LogP contribution in [0.15, 0.2) is 11.6 Å². The Kier molecular flexibility index (Phi) is 3.94. The third kappa shape index (κ3) is 3.12. The molecule has 0 aromatic carbocycles. The molecule has 0 heterocycles. The van der Waals surface area contributed by atoms with E-state index in [1.807, 2.05) is 0 Å². The summed E-state index contributed by atoms with van der Waals surface area (Å²) in [5.41, 5.74) is 1.36. The first-order chi connectivity index (χ1) is 6.13. The average Bonchev–Trinajstić information content (AvgIpc) is 2.07. The molecule has 1 fully saturated rings. The molecule has 2 heteroatoms. The van der Waals surface area contributed by atoms with Gasteiger partial charge in [0.05, 0.1) is 12.2 Å². The Morgan fingerprint density at radius 2 is 2.08 bits per heavy atom. The minimum absolute atomic E-state index is 0.0364. The van der Waals surface area contributed by atoms with Gasteiger partial charge in [-0.25, -0.2) is 0 Å². The highest BCUT2D eigenvalue weighted by atomic mass is 16.5. The lowest BCUT2D eigenvalue weighted by Gasteiger charge is -2.31. The number of hydrogen-bond acceptors (Lipinski definition) is 2. The largest absolute Gasteiger partial charge is 0.390 e. The van der Waals surface area contributed by atoms with Gasteiger partial charge in [-0.3, -0.25) is 0 Å². The molecular weight excluding hydrogens is 164 g/mol. The molecule has 0 aromatic rings. The van der Waals surface area contributed by atoms with Gasteiger partial charge in [-0.1, -0.05) is 11.6 Å². The van der Waals surface area contributed by atoms with E-state index >= 15 is 0 Å². The van der Waals surface area contributed by atoms with E-state index in [1.165, 1.54) is 5.57 Å². The molecule has 0 amide bonds. The lowest BCUT2D eigenvalue weighted by molar-refractivity contribution is -0.0449. The van der Waals surface area contributed by atoms with Gasteiger partial charge < -0.3 is 9.84 Å². The molecule has 0 radical (unpaired) electrons. The molecule has 0 spiro atoms. The standard InChI is InChI=1S/C11H20O2/c1-8(2)6-9-4-5-10(12)11(7-9)13-3/h6,9-12H,4-5,7H2,1-3H3. The minimum Gasteiger partial charge on any atom is -0.390 e. The summed E-state index contributed by atoms with van der Waals surface area (Å²) >= 11 is 0. The molecule has 1 saturated carbocycles. The molecule has 1 N–H and O–H groups in total. The Bertz CT molecular complexity index is 183. The van der Waals surface area contributed by atoms with Crippen molar-refractivity contribution in [3.63, 3.8) is 0 Å². The molecule has 1 aliphatic carbocycles. The zero-order chi connectivity index (χ0) is 9.84. The number of ether oxygens (including phenoxy) is 1. The van der Waals surface area contributed by atoms with Crippen LogP contribution < -0.4 is 0 Å². The molecule has 0 saturated heterocycles. The van der Waals surface area contributed by atoms with Crippen LogP contribution in [-0.2, 0) is 4.74 Å². The Labute approximate surface area is 80.6 Å². The summed E-state index contributed by atoms with van der Waals surface area (Å²) in [6.07, 6.45) is 4.99. The predicted molar refractivity (Wildman–Crippen MR) is 53.6 cm³/mol. The van der Waals surface area contributed by atoms with E-state index in [4.69, 9.17) is 4.74 Å². The van der Waals surface area contributed by atoms with Gasteiger partial charge >= 0.3 is 0 Å². The fourth-order valence-electron chi connectivity index (χ4n) is 2.02. The molecule has 13 heavy (non-hydrogen) atoms. The van der Waals surface area contributed by atoms with Crippen molar-refractivity contribution in [3.8, 4) is 0 Å². The van der Waals surface area contributed by atoms with E-state index in [1.54, 1.807) is 7.11 Å². The number of rotatable bonds is 2. The normalized spacial score (nSPS) is 34.3. The predicted octanol–water partition coefficient (Wildman–Crippen LogP) is 2.13. The summed E-state index contributed by atoms with van der Waals surface area (Å²) in [5.74, 6) is 0.596. The van der Waals surface area contributed by atoms with Gasteiger partial charge in [-0.05, 0) is 39.0 Å². The van der Waals surface area contributed by atoms with Crippen molar-refractivity contribution in [1.29, 1.82) is 0 Å². The van der Waals surface area contributed by atoms with Crippen LogP contribution in [-0.4, -0.2) is 24.4 Å². The van der Waals surface area contributed by atoms with Gasteiger partial charge in [0.2, 0.25) is 0 Å². The van der Waals surface area contributed by atoms with Crippen LogP contribution >= 0.6 is 0 Å². The Morgan fingerprint density at radius 3 is 2.62 bits per heavy atom. The van der Waals surface area contributed by atoms with Gasteiger partial charge in [-0.15, -0.1) is 0 Å². The molecule has 2 nitrogen and oxygen atoms in total. The SMILES string of the molecule is COC1CC(C=C(C)C)CCC1O. The zero-order valence-electron chi connectivity index (χ0n) is 8.79. The van der Waals surface area contributed by atoms with Crippen molar-refractivity contribution < 1.29 is 9.84 Å². The second-order valence-corrected chi connectivity index (χ2v) is 4.16. The zero-order valence-corrected chi connectivity index (χ0v) is 8.79. The average molecular weight is 184 g/mol. The molecule has 0 aromatic heterocycles. The minimum atomic E-state index is -0.258. The molecule has 76 valence electrons. The first-order valence-electron chi connectivity index (χ1n) is 4.99. The van der Waals surface area contributed by atoms with Gasteiger partial charge in [0.1, 0.15) is 0 Å². The molecule has 1 rings (SSSR count). The Balaban J connectivity index is 2.50. The number of hydrogen-bond donors (Lipinski definition) is 1. The highest BCUT2D eigenvalue weighted by Gasteiger charge is 2.27. The van der Waals surface area contributed by atoms with E-state index in [-0.39, 0.29) is 12.2 Å². The molecule has 0 aliphatic heterocycles. The quantitative estimate of drug-likeness (QED) is 0.666.